The highest BCUT2D eigenvalue weighted by Gasteiger charge is 2.50. The first-order valence-corrected chi connectivity index (χ1v) is 9.90. The fraction of sp³-hybridized carbons (Fsp3) is 0.391. The summed E-state index contributed by atoms with van der Waals surface area (Å²) in [5.74, 6) is 1.48. The average Bonchev–Trinajstić information content (AvgIpc) is 3.14. The van der Waals surface area contributed by atoms with Gasteiger partial charge >= 0.3 is 0 Å². The van der Waals surface area contributed by atoms with Crippen molar-refractivity contribution in [1.29, 1.82) is 0 Å². The number of amides is 1. The van der Waals surface area contributed by atoms with Crippen LogP contribution in [0.25, 0.3) is 11.0 Å². The molecule has 5 rings (SSSR count). The van der Waals surface area contributed by atoms with E-state index in [0.717, 1.165) is 41.7 Å². The Kier molecular flexibility index (Phi) is 3.76. The molecule has 1 fully saturated rings. The van der Waals surface area contributed by atoms with Crippen molar-refractivity contribution in [2.24, 2.45) is 5.41 Å². The maximum absolute atomic E-state index is 13.5. The summed E-state index contributed by atoms with van der Waals surface area (Å²) in [7, 11) is 1.73. The van der Waals surface area contributed by atoms with Gasteiger partial charge in [-0.3, -0.25) is 4.79 Å². The van der Waals surface area contributed by atoms with Gasteiger partial charge in [-0.05, 0) is 59.6 Å². The molecule has 3 aromatic rings. The van der Waals surface area contributed by atoms with Crippen LogP contribution in [0.1, 0.15) is 47.7 Å². The second kappa shape index (κ2) is 6.09. The molecule has 1 amide bonds. The number of imidazole rings is 1. The Bertz CT molecular complexity index is 1070. The van der Waals surface area contributed by atoms with Crippen LogP contribution in [-0.2, 0) is 6.42 Å². The van der Waals surface area contributed by atoms with E-state index >= 15 is 0 Å². The Labute approximate surface area is 164 Å². The Morgan fingerprint density at radius 2 is 2.14 bits per heavy atom. The molecule has 1 N–H and O–H groups in total. The number of piperidine rings is 1. The van der Waals surface area contributed by atoms with Crippen LogP contribution in [0.4, 0.5) is 0 Å². The Morgan fingerprint density at radius 1 is 1.29 bits per heavy atom. The van der Waals surface area contributed by atoms with Gasteiger partial charge in [0.1, 0.15) is 5.75 Å². The Morgan fingerprint density at radius 3 is 2.96 bits per heavy atom. The molecular formula is C23H25N3O2. The second-order valence-electron chi connectivity index (χ2n) is 8.54. The standard InChI is InChI=1S/C23H25N3O2/c1-23(2)17-9-10-26(21(23)12-16-15(17)5-4-6-20(16)28-3)22(27)14-7-8-18-19(11-14)25-13-24-18/h4-8,11,13,17,21H,9-10,12H2,1-3H3,(H,24,25). The highest BCUT2D eigenvalue weighted by Crippen LogP contribution is 2.53. The summed E-state index contributed by atoms with van der Waals surface area (Å²) < 4.78 is 5.65. The van der Waals surface area contributed by atoms with E-state index in [1.54, 1.807) is 13.4 Å². The van der Waals surface area contributed by atoms with Crippen molar-refractivity contribution in [3.05, 3.63) is 59.4 Å². The van der Waals surface area contributed by atoms with Gasteiger partial charge in [0.15, 0.2) is 0 Å². The van der Waals surface area contributed by atoms with Crippen LogP contribution in [0.3, 0.4) is 0 Å². The number of hydrogen-bond donors (Lipinski definition) is 1. The summed E-state index contributed by atoms with van der Waals surface area (Å²) >= 11 is 0. The number of nitrogens with one attached hydrogen (secondary N) is 1. The smallest absolute Gasteiger partial charge is 0.254 e. The van der Waals surface area contributed by atoms with Gasteiger partial charge in [0.25, 0.3) is 5.91 Å². The summed E-state index contributed by atoms with van der Waals surface area (Å²) in [4.78, 5) is 22.9. The molecule has 1 aliphatic heterocycles. The minimum atomic E-state index is 0.0192. The lowest BCUT2D eigenvalue weighted by atomic mass is 9.59. The van der Waals surface area contributed by atoms with Crippen molar-refractivity contribution in [3.63, 3.8) is 0 Å². The number of hydrogen-bond acceptors (Lipinski definition) is 3. The number of rotatable bonds is 2. The molecule has 2 bridgehead atoms. The van der Waals surface area contributed by atoms with E-state index in [9.17, 15) is 4.79 Å². The minimum Gasteiger partial charge on any atom is -0.496 e. The van der Waals surface area contributed by atoms with Crippen LogP contribution in [0.5, 0.6) is 5.75 Å². The van der Waals surface area contributed by atoms with Crippen LogP contribution >= 0.6 is 0 Å². The van der Waals surface area contributed by atoms with Gasteiger partial charge < -0.3 is 14.6 Å². The number of carbonyl (C=O) groups is 1. The fourth-order valence-electron chi connectivity index (χ4n) is 5.35. The number of fused-ring (bicyclic) bond motifs is 5. The van der Waals surface area contributed by atoms with Gasteiger partial charge in [-0.1, -0.05) is 26.0 Å². The molecule has 2 heterocycles. The van der Waals surface area contributed by atoms with Crippen molar-refractivity contribution in [2.75, 3.05) is 13.7 Å². The molecular weight excluding hydrogens is 350 g/mol. The lowest BCUT2D eigenvalue weighted by molar-refractivity contribution is 0.00994. The normalized spacial score (nSPS) is 22.8. The summed E-state index contributed by atoms with van der Waals surface area (Å²) in [5, 5.41) is 0. The summed E-state index contributed by atoms with van der Waals surface area (Å²) in [5.41, 5.74) is 5.18. The van der Waals surface area contributed by atoms with Crippen LogP contribution in [0.15, 0.2) is 42.7 Å². The first-order chi connectivity index (χ1) is 13.5. The minimum absolute atomic E-state index is 0.0192. The van der Waals surface area contributed by atoms with Gasteiger partial charge in [-0.15, -0.1) is 0 Å². The molecule has 5 nitrogen and oxygen atoms in total. The van der Waals surface area contributed by atoms with Gasteiger partial charge in [0.2, 0.25) is 0 Å². The molecule has 5 heteroatoms. The van der Waals surface area contributed by atoms with Gasteiger partial charge in [-0.2, -0.15) is 0 Å². The van der Waals surface area contributed by atoms with Gasteiger partial charge in [0.05, 0.1) is 24.5 Å². The highest BCUT2D eigenvalue weighted by molar-refractivity contribution is 5.97. The van der Waals surface area contributed by atoms with Crippen LogP contribution in [0, 0.1) is 5.41 Å². The maximum Gasteiger partial charge on any atom is 0.254 e. The second-order valence-corrected chi connectivity index (χ2v) is 8.54. The van der Waals surface area contributed by atoms with Crippen molar-refractivity contribution in [1.82, 2.24) is 14.9 Å². The maximum atomic E-state index is 13.5. The van der Waals surface area contributed by atoms with E-state index in [4.69, 9.17) is 4.74 Å². The number of methoxy groups -OCH3 is 1. The third kappa shape index (κ3) is 2.38. The molecule has 0 radical (unpaired) electrons. The van der Waals surface area contributed by atoms with Crippen molar-refractivity contribution < 1.29 is 9.53 Å². The Hall–Kier alpha value is -2.82. The number of H-pyrrole nitrogens is 1. The third-order valence-electron chi connectivity index (χ3n) is 6.88. The molecule has 1 aliphatic carbocycles. The zero-order chi connectivity index (χ0) is 19.5. The van der Waals surface area contributed by atoms with Gasteiger partial charge in [0, 0.05) is 18.2 Å². The van der Waals surface area contributed by atoms with Crippen molar-refractivity contribution in [3.8, 4) is 5.75 Å². The van der Waals surface area contributed by atoms with E-state index < -0.39 is 0 Å². The molecule has 0 saturated carbocycles. The van der Waals surface area contributed by atoms with Crippen molar-refractivity contribution >= 4 is 16.9 Å². The summed E-state index contributed by atoms with van der Waals surface area (Å²) in [6.45, 7) is 5.40. The van der Waals surface area contributed by atoms with E-state index in [1.807, 2.05) is 24.3 Å². The molecule has 0 spiro atoms. The molecule has 2 aromatic carbocycles. The first kappa shape index (κ1) is 17.3. The van der Waals surface area contributed by atoms with E-state index in [2.05, 4.69) is 40.8 Å². The lowest BCUT2D eigenvalue weighted by Crippen LogP contribution is -2.58. The molecule has 28 heavy (non-hydrogen) atoms. The number of carbonyl (C=O) groups excluding carboxylic acids is 1. The SMILES string of the molecule is COc1cccc2c1CC1N(C(=O)c3ccc4nc[nH]c4c3)CCC2C1(C)C. The highest BCUT2D eigenvalue weighted by atomic mass is 16.5. The molecule has 144 valence electrons. The van der Waals surface area contributed by atoms with E-state index in [0.29, 0.717) is 5.92 Å². The number of benzene rings is 2. The fourth-order valence-corrected chi connectivity index (χ4v) is 5.35. The average molecular weight is 375 g/mol. The molecule has 2 aliphatic rings. The molecule has 2 unspecified atom stereocenters. The first-order valence-electron chi connectivity index (χ1n) is 9.90. The number of aromatic amines is 1. The number of aromatic nitrogens is 2. The van der Waals surface area contributed by atoms with Crippen LogP contribution in [0.2, 0.25) is 0 Å². The monoisotopic (exact) mass is 375 g/mol. The molecule has 1 saturated heterocycles. The Balaban J connectivity index is 1.55. The number of nitrogens with zero attached hydrogens (tertiary/aromatic N) is 2. The number of likely N-dealkylation sites (tertiary alicyclic amines) is 1. The van der Waals surface area contributed by atoms with E-state index in [1.165, 1.54) is 11.1 Å². The van der Waals surface area contributed by atoms with Crippen LogP contribution < -0.4 is 4.74 Å². The topological polar surface area (TPSA) is 58.2 Å². The van der Waals surface area contributed by atoms with Crippen molar-refractivity contribution in [2.45, 2.75) is 38.6 Å². The summed E-state index contributed by atoms with van der Waals surface area (Å²) in [6, 6.07) is 12.2. The predicted octanol–water partition coefficient (Wildman–Crippen LogP) is 4.15. The summed E-state index contributed by atoms with van der Waals surface area (Å²) in [6.07, 6.45) is 3.47. The zero-order valence-electron chi connectivity index (χ0n) is 16.5. The van der Waals surface area contributed by atoms with Gasteiger partial charge in [-0.25, -0.2) is 4.98 Å². The van der Waals surface area contributed by atoms with E-state index in [-0.39, 0.29) is 17.4 Å². The van der Waals surface area contributed by atoms with Crippen LogP contribution in [-0.4, -0.2) is 40.5 Å². The third-order valence-corrected chi connectivity index (χ3v) is 6.88. The zero-order valence-corrected chi connectivity index (χ0v) is 16.5. The predicted molar refractivity (Wildman–Crippen MR) is 109 cm³/mol. The number of ether oxygens (including phenoxy) is 1. The largest absolute Gasteiger partial charge is 0.496 e. The lowest BCUT2D eigenvalue weighted by Gasteiger charge is -2.55. The molecule has 1 aromatic heterocycles. The quantitative estimate of drug-likeness (QED) is 0.732. The molecule has 2 atom stereocenters.